The van der Waals surface area contributed by atoms with Crippen molar-refractivity contribution in [1.82, 2.24) is 4.98 Å². The number of nitrogens with zero attached hydrogens (tertiary/aromatic N) is 2. The van der Waals surface area contributed by atoms with Gasteiger partial charge in [-0.25, -0.2) is 0 Å². The number of aromatic nitrogens is 1. The van der Waals surface area contributed by atoms with Crippen molar-refractivity contribution in [1.29, 1.82) is 0 Å². The van der Waals surface area contributed by atoms with E-state index in [1.807, 2.05) is 6.20 Å². The number of pyridine rings is 1. The van der Waals surface area contributed by atoms with Crippen LogP contribution in [0.3, 0.4) is 0 Å². The van der Waals surface area contributed by atoms with E-state index in [-0.39, 0.29) is 0 Å². The molecule has 0 unspecified atom stereocenters. The van der Waals surface area contributed by atoms with Crippen molar-refractivity contribution in [3.63, 3.8) is 0 Å². The first-order chi connectivity index (χ1) is 9.06. The minimum absolute atomic E-state index is 0.766. The second kappa shape index (κ2) is 6.06. The molecule has 0 saturated carbocycles. The number of halogens is 1. The smallest absolute Gasteiger partial charge is 0.0416 e. The van der Waals surface area contributed by atoms with Crippen LogP contribution in [0, 0.1) is 6.92 Å². The van der Waals surface area contributed by atoms with E-state index in [1.165, 1.54) is 11.3 Å². The predicted molar refractivity (Wildman–Crippen MR) is 84.8 cm³/mol. The molecule has 0 aliphatic heterocycles. The number of benzene rings is 1. The van der Waals surface area contributed by atoms with Crippen LogP contribution in [-0.4, -0.2) is 19.1 Å². The molecular weight excluding hydrogens is 302 g/mol. The lowest BCUT2D eigenvalue weighted by Crippen LogP contribution is -2.11. The maximum atomic E-state index is 4.16. The van der Waals surface area contributed by atoms with Gasteiger partial charge in [0.15, 0.2) is 0 Å². The molecule has 0 spiro atoms. The van der Waals surface area contributed by atoms with Crippen LogP contribution < -0.4 is 10.2 Å². The van der Waals surface area contributed by atoms with Crippen LogP contribution in [0.25, 0.3) is 0 Å². The fraction of sp³-hybridized carbons (Fsp3) is 0.267. The average Bonchev–Trinajstić information content (AvgIpc) is 2.37. The SMILES string of the molecule is Cc1ccc(NCc2cncc(Br)c2)cc1N(C)C. The normalized spacial score (nSPS) is 10.3. The van der Waals surface area contributed by atoms with Gasteiger partial charge < -0.3 is 10.2 Å². The molecule has 100 valence electrons. The van der Waals surface area contributed by atoms with Crippen molar-refractivity contribution in [2.45, 2.75) is 13.5 Å². The van der Waals surface area contributed by atoms with Crippen molar-refractivity contribution in [3.05, 3.63) is 52.3 Å². The number of anilines is 2. The van der Waals surface area contributed by atoms with Crippen LogP contribution in [0.15, 0.2) is 41.1 Å². The summed E-state index contributed by atoms with van der Waals surface area (Å²) in [5.41, 5.74) is 4.78. The predicted octanol–water partition coefficient (Wildman–Crippen LogP) is 3.83. The lowest BCUT2D eigenvalue weighted by molar-refractivity contribution is 1.09. The fourth-order valence-corrected chi connectivity index (χ4v) is 2.37. The van der Waals surface area contributed by atoms with Crippen LogP contribution in [0.5, 0.6) is 0 Å². The molecule has 1 aromatic heterocycles. The Kier molecular flexibility index (Phi) is 4.43. The first-order valence-electron chi connectivity index (χ1n) is 6.17. The molecule has 0 radical (unpaired) electrons. The Morgan fingerprint density at radius 2 is 2.00 bits per heavy atom. The molecule has 1 aromatic carbocycles. The lowest BCUT2D eigenvalue weighted by atomic mass is 10.1. The Balaban J connectivity index is 2.09. The van der Waals surface area contributed by atoms with Gasteiger partial charge in [0.2, 0.25) is 0 Å². The number of hydrogen-bond acceptors (Lipinski definition) is 3. The van der Waals surface area contributed by atoms with Crippen LogP contribution in [0.2, 0.25) is 0 Å². The largest absolute Gasteiger partial charge is 0.381 e. The van der Waals surface area contributed by atoms with Crippen LogP contribution in [0.4, 0.5) is 11.4 Å². The number of nitrogens with one attached hydrogen (secondary N) is 1. The molecule has 0 bridgehead atoms. The standard InChI is InChI=1S/C15H18BrN3/c1-11-4-5-14(7-15(11)19(2)3)18-9-12-6-13(16)10-17-8-12/h4-8,10,18H,9H2,1-3H3. The molecule has 2 rings (SSSR count). The van der Waals surface area contributed by atoms with Gasteiger partial charge in [-0.1, -0.05) is 6.07 Å². The quantitative estimate of drug-likeness (QED) is 0.928. The molecule has 4 heteroatoms. The molecule has 0 aliphatic rings. The zero-order chi connectivity index (χ0) is 13.8. The van der Waals surface area contributed by atoms with Gasteiger partial charge in [-0.05, 0) is 52.2 Å². The Labute approximate surface area is 122 Å². The summed E-state index contributed by atoms with van der Waals surface area (Å²) in [6, 6.07) is 8.48. The molecule has 0 aliphatic carbocycles. The summed E-state index contributed by atoms with van der Waals surface area (Å²) in [5, 5.41) is 3.42. The second-order valence-corrected chi connectivity index (χ2v) is 5.68. The third-order valence-electron chi connectivity index (χ3n) is 2.95. The van der Waals surface area contributed by atoms with Gasteiger partial charge in [-0.2, -0.15) is 0 Å². The highest BCUT2D eigenvalue weighted by Crippen LogP contribution is 2.23. The summed E-state index contributed by atoms with van der Waals surface area (Å²) in [5.74, 6) is 0. The molecule has 3 nitrogen and oxygen atoms in total. The second-order valence-electron chi connectivity index (χ2n) is 4.76. The average molecular weight is 320 g/mol. The molecule has 2 aromatic rings. The number of aryl methyl sites for hydroxylation is 1. The van der Waals surface area contributed by atoms with Gasteiger partial charge in [-0.3, -0.25) is 4.98 Å². The third-order valence-corrected chi connectivity index (χ3v) is 3.38. The van der Waals surface area contributed by atoms with Gasteiger partial charge in [0.05, 0.1) is 0 Å². The van der Waals surface area contributed by atoms with E-state index in [4.69, 9.17) is 0 Å². The van der Waals surface area contributed by atoms with E-state index in [0.717, 1.165) is 22.3 Å². The molecule has 1 N–H and O–H groups in total. The summed E-state index contributed by atoms with van der Waals surface area (Å²) in [7, 11) is 4.12. The van der Waals surface area contributed by atoms with E-state index < -0.39 is 0 Å². The molecule has 0 amide bonds. The minimum atomic E-state index is 0.766. The van der Waals surface area contributed by atoms with E-state index in [9.17, 15) is 0 Å². The Bertz CT molecular complexity index is 567. The van der Waals surface area contributed by atoms with E-state index in [1.54, 1.807) is 6.20 Å². The third kappa shape index (κ3) is 3.70. The molecule has 0 atom stereocenters. The summed E-state index contributed by atoms with van der Waals surface area (Å²) in [6.45, 7) is 2.89. The van der Waals surface area contributed by atoms with E-state index in [0.29, 0.717) is 0 Å². The summed E-state index contributed by atoms with van der Waals surface area (Å²) < 4.78 is 1.00. The molecule has 0 saturated heterocycles. The summed E-state index contributed by atoms with van der Waals surface area (Å²) in [6.07, 6.45) is 3.67. The number of hydrogen-bond donors (Lipinski definition) is 1. The van der Waals surface area contributed by atoms with Crippen molar-refractivity contribution in [2.75, 3.05) is 24.3 Å². The van der Waals surface area contributed by atoms with Gasteiger partial charge in [0, 0.05) is 48.9 Å². The minimum Gasteiger partial charge on any atom is -0.381 e. The maximum Gasteiger partial charge on any atom is 0.0416 e. The Morgan fingerprint density at radius 3 is 2.68 bits per heavy atom. The van der Waals surface area contributed by atoms with Crippen molar-refractivity contribution < 1.29 is 0 Å². The van der Waals surface area contributed by atoms with Gasteiger partial charge in [-0.15, -0.1) is 0 Å². The molecular formula is C15H18BrN3. The van der Waals surface area contributed by atoms with Gasteiger partial charge in [0.1, 0.15) is 0 Å². The molecule has 0 fully saturated rings. The first-order valence-corrected chi connectivity index (χ1v) is 6.97. The van der Waals surface area contributed by atoms with Gasteiger partial charge in [0.25, 0.3) is 0 Å². The maximum absolute atomic E-state index is 4.16. The highest BCUT2D eigenvalue weighted by atomic mass is 79.9. The zero-order valence-electron chi connectivity index (χ0n) is 11.4. The van der Waals surface area contributed by atoms with Crippen molar-refractivity contribution in [3.8, 4) is 0 Å². The van der Waals surface area contributed by atoms with E-state index >= 15 is 0 Å². The van der Waals surface area contributed by atoms with Crippen LogP contribution >= 0.6 is 15.9 Å². The van der Waals surface area contributed by atoms with Crippen LogP contribution in [-0.2, 0) is 6.54 Å². The highest BCUT2D eigenvalue weighted by molar-refractivity contribution is 9.10. The highest BCUT2D eigenvalue weighted by Gasteiger charge is 2.02. The van der Waals surface area contributed by atoms with E-state index in [2.05, 4.69) is 76.4 Å². The topological polar surface area (TPSA) is 28.2 Å². The monoisotopic (exact) mass is 319 g/mol. The van der Waals surface area contributed by atoms with Crippen molar-refractivity contribution >= 4 is 27.3 Å². The summed E-state index contributed by atoms with van der Waals surface area (Å²) >= 11 is 3.43. The van der Waals surface area contributed by atoms with Crippen LogP contribution in [0.1, 0.15) is 11.1 Å². The Hall–Kier alpha value is -1.55. The van der Waals surface area contributed by atoms with Gasteiger partial charge >= 0.3 is 0 Å². The number of rotatable bonds is 4. The van der Waals surface area contributed by atoms with Crippen molar-refractivity contribution in [2.24, 2.45) is 0 Å². The molecule has 1 heterocycles. The summed E-state index contributed by atoms with van der Waals surface area (Å²) in [4.78, 5) is 6.29. The first kappa shape index (κ1) is 13.9. The zero-order valence-corrected chi connectivity index (χ0v) is 13.0. The fourth-order valence-electron chi connectivity index (χ4n) is 1.96. The Morgan fingerprint density at radius 1 is 1.21 bits per heavy atom. The molecule has 19 heavy (non-hydrogen) atoms. The lowest BCUT2D eigenvalue weighted by Gasteiger charge is -2.17.